The zero-order valence-electron chi connectivity index (χ0n) is 21.2. The Hall–Kier alpha value is -5.18. The Morgan fingerprint density at radius 1 is 0.575 bits per heavy atom. The molecule has 9 heteroatoms. The maximum atomic E-state index is 12.7. The van der Waals surface area contributed by atoms with E-state index in [1.165, 1.54) is 12.1 Å². The van der Waals surface area contributed by atoms with Crippen LogP contribution in [0.4, 0.5) is 41.6 Å². The lowest BCUT2D eigenvalue weighted by Crippen LogP contribution is -2.03. The molecule has 0 radical (unpaired) electrons. The Bertz CT molecular complexity index is 1710. The highest BCUT2D eigenvalue weighted by Crippen LogP contribution is 2.35. The molecule has 0 aliphatic rings. The number of para-hydroxylation sites is 1. The van der Waals surface area contributed by atoms with Gasteiger partial charge in [-0.05, 0) is 72.8 Å². The molecule has 0 atom stereocenters. The highest BCUT2D eigenvalue weighted by Gasteiger charge is 2.29. The molecule has 0 saturated heterocycles. The maximum absolute atomic E-state index is 12.7. The molecule has 0 unspecified atom stereocenters. The number of benzene rings is 5. The number of fused-ring (bicyclic) bond motifs is 1. The van der Waals surface area contributed by atoms with Crippen LogP contribution in [0.2, 0.25) is 0 Å². The summed E-state index contributed by atoms with van der Waals surface area (Å²) in [5.41, 5.74) is 3.09. The van der Waals surface area contributed by atoms with Crippen molar-refractivity contribution in [3.8, 4) is 5.75 Å². The van der Waals surface area contributed by atoms with Crippen LogP contribution >= 0.6 is 0 Å². The third-order valence-electron chi connectivity index (χ3n) is 5.96. The van der Waals surface area contributed by atoms with Crippen LogP contribution < -0.4 is 4.74 Å². The molecule has 40 heavy (non-hydrogen) atoms. The third-order valence-corrected chi connectivity index (χ3v) is 5.96. The van der Waals surface area contributed by atoms with Gasteiger partial charge in [-0.2, -0.15) is 28.5 Å². The van der Waals surface area contributed by atoms with Gasteiger partial charge in [-0.3, -0.25) is 4.99 Å². The summed E-state index contributed by atoms with van der Waals surface area (Å²) in [5, 5.41) is 18.7. The Balaban J connectivity index is 1.32. The average molecular weight is 538 g/mol. The van der Waals surface area contributed by atoms with Crippen molar-refractivity contribution in [1.82, 2.24) is 0 Å². The number of hydrogen-bond acceptors (Lipinski definition) is 6. The Labute approximate surface area is 228 Å². The first-order valence-corrected chi connectivity index (χ1v) is 12.2. The van der Waals surface area contributed by atoms with Crippen molar-refractivity contribution in [2.45, 2.75) is 6.18 Å². The van der Waals surface area contributed by atoms with E-state index in [9.17, 15) is 13.2 Å². The van der Waals surface area contributed by atoms with Gasteiger partial charge in [-0.25, -0.2) is 0 Å². The van der Waals surface area contributed by atoms with Gasteiger partial charge in [0.1, 0.15) is 5.75 Å². The highest BCUT2D eigenvalue weighted by atomic mass is 19.4. The molecule has 5 rings (SSSR count). The van der Waals surface area contributed by atoms with Gasteiger partial charge in [-0.1, -0.05) is 36.4 Å². The Morgan fingerprint density at radius 3 is 1.68 bits per heavy atom. The van der Waals surface area contributed by atoms with Crippen LogP contribution in [0, 0.1) is 0 Å². The van der Waals surface area contributed by atoms with Gasteiger partial charge >= 0.3 is 6.18 Å². The summed E-state index contributed by atoms with van der Waals surface area (Å²) in [6, 6.07) is 30.6. The van der Waals surface area contributed by atoms with Crippen LogP contribution in [0.1, 0.15) is 11.1 Å². The second-order valence-corrected chi connectivity index (χ2v) is 8.61. The minimum absolute atomic E-state index is 0.319. The molecule has 0 amide bonds. The predicted molar refractivity (Wildman–Crippen MR) is 150 cm³/mol. The summed E-state index contributed by atoms with van der Waals surface area (Å²) < 4.78 is 43.5. The van der Waals surface area contributed by atoms with E-state index in [0.717, 1.165) is 39.9 Å². The molecule has 5 aromatic rings. The molecule has 0 aliphatic carbocycles. The number of azo groups is 2. The minimum atomic E-state index is -4.39. The molecular weight excluding hydrogens is 515 g/mol. The molecule has 198 valence electrons. The van der Waals surface area contributed by atoms with Gasteiger partial charge in [0.05, 0.1) is 41.1 Å². The van der Waals surface area contributed by atoms with Crippen molar-refractivity contribution in [2.75, 3.05) is 7.11 Å². The van der Waals surface area contributed by atoms with Crippen LogP contribution in [0.5, 0.6) is 5.75 Å². The van der Waals surface area contributed by atoms with Crippen molar-refractivity contribution in [3.05, 3.63) is 120 Å². The predicted octanol–water partition coefficient (Wildman–Crippen LogP) is 10.4. The molecule has 0 bridgehead atoms. The molecule has 0 aliphatic heterocycles. The third kappa shape index (κ3) is 6.27. The summed E-state index contributed by atoms with van der Waals surface area (Å²) in [4.78, 5) is 4.69. The summed E-state index contributed by atoms with van der Waals surface area (Å²) in [5.74, 6) is 0.744. The Kier molecular flexibility index (Phi) is 7.72. The van der Waals surface area contributed by atoms with Crippen LogP contribution in [0.25, 0.3) is 10.8 Å². The van der Waals surface area contributed by atoms with E-state index in [2.05, 4.69) is 20.5 Å². The standard InChI is InChI=1S/C31H22F3N5O/c1-40-30-9-5-2-6-21(30)20-35-28-18-19-29(27-8-4-3-7-26(27)28)39-38-25-16-14-24(15-17-25)37-36-23-12-10-22(11-13-23)31(32,33)34/h2-20H,1H3. The molecule has 6 nitrogen and oxygen atoms in total. The highest BCUT2D eigenvalue weighted by molar-refractivity contribution is 6.01. The molecular formula is C31H22F3N5O. The van der Waals surface area contributed by atoms with E-state index < -0.39 is 11.7 Å². The number of hydrogen-bond donors (Lipinski definition) is 0. The Morgan fingerprint density at radius 2 is 1.07 bits per heavy atom. The normalized spacial score (nSPS) is 12.2. The van der Waals surface area contributed by atoms with Crippen LogP contribution in [-0.4, -0.2) is 13.3 Å². The lowest BCUT2D eigenvalue weighted by atomic mass is 10.1. The van der Waals surface area contributed by atoms with Crippen molar-refractivity contribution in [3.63, 3.8) is 0 Å². The van der Waals surface area contributed by atoms with Gasteiger partial charge in [0.15, 0.2) is 0 Å². The van der Waals surface area contributed by atoms with Gasteiger partial charge in [0, 0.05) is 22.6 Å². The molecule has 0 aromatic heterocycles. The lowest BCUT2D eigenvalue weighted by Gasteiger charge is -2.06. The van der Waals surface area contributed by atoms with E-state index in [1.807, 2.05) is 60.7 Å². The van der Waals surface area contributed by atoms with Gasteiger partial charge in [0.2, 0.25) is 0 Å². The monoisotopic (exact) mass is 537 g/mol. The number of nitrogens with zero attached hydrogens (tertiary/aromatic N) is 5. The number of aliphatic imine (C=N–C) groups is 1. The maximum Gasteiger partial charge on any atom is 0.416 e. The van der Waals surface area contributed by atoms with E-state index in [1.54, 1.807) is 37.6 Å². The second kappa shape index (κ2) is 11.7. The zero-order chi connectivity index (χ0) is 28.0. The van der Waals surface area contributed by atoms with Crippen LogP contribution in [0.15, 0.2) is 135 Å². The second-order valence-electron chi connectivity index (χ2n) is 8.61. The summed E-state index contributed by atoms with van der Waals surface area (Å²) in [6.45, 7) is 0. The quantitative estimate of drug-likeness (QED) is 0.150. The summed E-state index contributed by atoms with van der Waals surface area (Å²) in [6.07, 6.45) is -2.61. The first-order chi connectivity index (χ1) is 19.4. The average Bonchev–Trinajstić information content (AvgIpc) is 2.98. The largest absolute Gasteiger partial charge is 0.496 e. The fourth-order valence-electron chi connectivity index (χ4n) is 3.91. The van der Waals surface area contributed by atoms with Gasteiger partial charge in [-0.15, -0.1) is 5.11 Å². The lowest BCUT2D eigenvalue weighted by molar-refractivity contribution is -0.137. The fourth-order valence-corrected chi connectivity index (χ4v) is 3.91. The van der Waals surface area contributed by atoms with Gasteiger partial charge < -0.3 is 4.74 Å². The number of rotatable bonds is 7. The zero-order valence-corrected chi connectivity index (χ0v) is 21.2. The minimum Gasteiger partial charge on any atom is -0.496 e. The van der Waals surface area contributed by atoms with Crippen molar-refractivity contribution >= 4 is 45.4 Å². The van der Waals surface area contributed by atoms with Gasteiger partial charge in [0.25, 0.3) is 0 Å². The van der Waals surface area contributed by atoms with E-state index in [0.29, 0.717) is 22.7 Å². The molecule has 0 heterocycles. The summed E-state index contributed by atoms with van der Waals surface area (Å²) >= 11 is 0. The van der Waals surface area contributed by atoms with Crippen molar-refractivity contribution in [2.24, 2.45) is 25.4 Å². The summed E-state index contributed by atoms with van der Waals surface area (Å²) in [7, 11) is 1.63. The molecule has 0 fully saturated rings. The van der Waals surface area contributed by atoms with Crippen LogP contribution in [-0.2, 0) is 6.18 Å². The number of methoxy groups -OCH3 is 1. The molecule has 5 aromatic carbocycles. The molecule has 0 saturated carbocycles. The number of ether oxygens (including phenoxy) is 1. The van der Waals surface area contributed by atoms with Crippen molar-refractivity contribution < 1.29 is 17.9 Å². The number of alkyl halides is 3. The van der Waals surface area contributed by atoms with E-state index in [4.69, 9.17) is 9.73 Å². The number of halogens is 3. The van der Waals surface area contributed by atoms with E-state index in [-0.39, 0.29) is 0 Å². The first-order valence-electron chi connectivity index (χ1n) is 12.2. The topological polar surface area (TPSA) is 71.0 Å². The first kappa shape index (κ1) is 26.4. The molecule has 0 N–H and O–H groups in total. The van der Waals surface area contributed by atoms with E-state index >= 15 is 0 Å². The SMILES string of the molecule is COc1ccccc1C=Nc1ccc(N=Nc2ccc(N=Nc3ccc(C(F)(F)F)cc3)cc2)c2ccccc12. The fraction of sp³-hybridized carbons (Fsp3) is 0.0645. The smallest absolute Gasteiger partial charge is 0.416 e. The molecule has 0 spiro atoms. The van der Waals surface area contributed by atoms with Crippen LogP contribution in [0.3, 0.4) is 0 Å². The van der Waals surface area contributed by atoms with Crippen molar-refractivity contribution in [1.29, 1.82) is 0 Å².